The molecule has 8 heteroatoms. The Morgan fingerprint density at radius 2 is 1.79 bits per heavy atom. The maximum Gasteiger partial charge on any atom is 0.416 e. The highest BCUT2D eigenvalue weighted by atomic mass is 19.4. The second kappa shape index (κ2) is 8.24. The van der Waals surface area contributed by atoms with Crippen molar-refractivity contribution < 1.29 is 22.8 Å². The molecule has 1 saturated heterocycles. The molecular formula is C21H30F3N3O2. The molecule has 0 spiro atoms. The molecule has 0 aliphatic carbocycles. The molecule has 0 bridgehead atoms. The molecule has 162 valence electrons. The SMILES string of the molecule is CC(C)N(C)C(=O)C1CN(C(=O)NC(C)(C)C)CC1c1cccc(C(F)(F)F)c1. The lowest BCUT2D eigenvalue weighted by molar-refractivity contribution is -0.137. The Balaban J connectivity index is 2.38. The van der Waals surface area contributed by atoms with Gasteiger partial charge < -0.3 is 15.1 Å². The van der Waals surface area contributed by atoms with Crippen LogP contribution in [0.25, 0.3) is 0 Å². The molecule has 0 saturated carbocycles. The molecule has 2 atom stereocenters. The second-order valence-corrected chi connectivity index (χ2v) is 8.96. The first kappa shape index (κ1) is 23.0. The van der Waals surface area contributed by atoms with Crippen molar-refractivity contribution in [3.8, 4) is 0 Å². The predicted molar refractivity (Wildman–Crippen MR) is 105 cm³/mol. The molecule has 1 N–H and O–H groups in total. The van der Waals surface area contributed by atoms with Gasteiger partial charge in [0, 0.05) is 37.6 Å². The standard InChI is InChI=1S/C21H30F3N3O2/c1-13(2)26(6)18(28)17-12-27(19(29)25-20(3,4)5)11-16(17)14-8-7-9-15(10-14)21(22,23)24/h7-10,13,16-17H,11-12H2,1-6H3,(H,25,29). The number of carbonyl (C=O) groups is 2. The summed E-state index contributed by atoms with van der Waals surface area (Å²) in [5, 5.41) is 2.86. The van der Waals surface area contributed by atoms with Crippen LogP contribution >= 0.6 is 0 Å². The molecular weight excluding hydrogens is 383 g/mol. The fraction of sp³-hybridized carbons (Fsp3) is 0.619. The molecule has 5 nitrogen and oxygen atoms in total. The van der Waals surface area contributed by atoms with Crippen LogP contribution in [-0.2, 0) is 11.0 Å². The third-order valence-electron chi connectivity index (χ3n) is 5.17. The highest BCUT2D eigenvalue weighted by Crippen LogP contribution is 2.37. The van der Waals surface area contributed by atoms with E-state index in [4.69, 9.17) is 0 Å². The van der Waals surface area contributed by atoms with Gasteiger partial charge >= 0.3 is 12.2 Å². The van der Waals surface area contributed by atoms with Crippen molar-refractivity contribution in [2.75, 3.05) is 20.1 Å². The van der Waals surface area contributed by atoms with Crippen molar-refractivity contribution in [1.29, 1.82) is 0 Å². The van der Waals surface area contributed by atoms with E-state index in [1.54, 1.807) is 18.0 Å². The first-order chi connectivity index (χ1) is 13.2. The summed E-state index contributed by atoms with van der Waals surface area (Å²) < 4.78 is 39.6. The smallest absolute Gasteiger partial charge is 0.343 e. The minimum absolute atomic E-state index is 0.0536. The summed E-state index contributed by atoms with van der Waals surface area (Å²) in [5.74, 6) is -1.28. The number of benzene rings is 1. The summed E-state index contributed by atoms with van der Waals surface area (Å²) in [5.41, 5.74) is -0.794. The number of hydrogen-bond donors (Lipinski definition) is 1. The van der Waals surface area contributed by atoms with Crippen molar-refractivity contribution in [2.24, 2.45) is 5.92 Å². The van der Waals surface area contributed by atoms with Gasteiger partial charge in [0.05, 0.1) is 11.5 Å². The van der Waals surface area contributed by atoms with Gasteiger partial charge in [-0.25, -0.2) is 4.79 Å². The molecule has 1 fully saturated rings. The van der Waals surface area contributed by atoms with Crippen molar-refractivity contribution >= 4 is 11.9 Å². The highest BCUT2D eigenvalue weighted by molar-refractivity contribution is 5.83. The lowest BCUT2D eigenvalue weighted by Gasteiger charge is -2.28. The average Bonchev–Trinajstić information content (AvgIpc) is 3.03. The van der Waals surface area contributed by atoms with E-state index in [-0.39, 0.29) is 31.1 Å². The van der Waals surface area contributed by atoms with Crippen LogP contribution in [-0.4, -0.2) is 53.5 Å². The third-order valence-corrected chi connectivity index (χ3v) is 5.17. The molecule has 1 aromatic rings. The Kier molecular flexibility index (Phi) is 6.55. The molecule has 1 heterocycles. The maximum atomic E-state index is 13.2. The monoisotopic (exact) mass is 413 g/mol. The van der Waals surface area contributed by atoms with E-state index in [0.717, 1.165) is 12.1 Å². The van der Waals surface area contributed by atoms with Gasteiger partial charge in [-0.3, -0.25) is 4.79 Å². The van der Waals surface area contributed by atoms with Crippen LogP contribution < -0.4 is 5.32 Å². The van der Waals surface area contributed by atoms with E-state index in [0.29, 0.717) is 5.56 Å². The molecule has 29 heavy (non-hydrogen) atoms. The van der Waals surface area contributed by atoms with E-state index in [1.165, 1.54) is 11.0 Å². The largest absolute Gasteiger partial charge is 0.416 e. The van der Waals surface area contributed by atoms with E-state index in [9.17, 15) is 22.8 Å². The van der Waals surface area contributed by atoms with E-state index in [1.807, 2.05) is 34.6 Å². The zero-order chi connectivity index (χ0) is 22.1. The van der Waals surface area contributed by atoms with Crippen molar-refractivity contribution in [3.05, 3.63) is 35.4 Å². The molecule has 2 unspecified atom stereocenters. The Labute approximate surface area is 170 Å². The molecule has 0 radical (unpaired) electrons. The van der Waals surface area contributed by atoms with Crippen LogP contribution in [0.15, 0.2) is 24.3 Å². The fourth-order valence-electron chi connectivity index (χ4n) is 3.42. The minimum atomic E-state index is -4.47. The summed E-state index contributed by atoms with van der Waals surface area (Å²) in [7, 11) is 1.67. The summed E-state index contributed by atoms with van der Waals surface area (Å²) in [6.45, 7) is 9.64. The topological polar surface area (TPSA) is 52.7 Å². The van der Waals surface area contributed by atoms with Gasteiger partial charge in [0.25, 0.3) is 0 Å². The number of halogens is 3. The number of carbonyl (C=O) groups excluding carboxylic acids is 2. The van der Waals surface area contributed by atoms with Crippen molar-refractivity contribution in [3.63, 3.8) is 0 Å². The normalized spacial score (nSPS) is 20.1. The number of nitrogens with zero attached hydrogens (tertiary/aromatic N) is 2. The minimum Gasteiger partial charge on any atom is -0.343 e. The summed E-state index contributed by atoms with van der Waals surface area (Å²) in [4.78, 5) is 28.8. The molecule has 1 aromatic carbocycles. The summed E-state index contributed by atoms with van der Waals surface area (Å²) in [6, 6.07) is 4.68. The number of nitrogens with one attached hydrogen (secondary N) is 1. The Bertz CT molecular complexity index is 756. The molecule has 1 aliphatic heterocycles. The van der Waals surface area contributed by atoms with Crippen LogP contribution in [0, 0.1) is 5.92 Å². The number of rotatable bonds is 3. The van der Waals surface area contributed by atoms with Crippen LogP contribution in [0.2, 0.25) is 0 Å². The van der Waals surface area contributed by atoms with E-state index in [2.05, 4.69) is 5.32 Å². The van der Waals surface area contributed by atoms with E-state index < -0.39 is 29.1 Å². The van der Waals surface area contributed by atoms with Crippen LogP contribution in [0.3, 0.4) is 0 Å². The first-order valence-corrected chi connectivity index (χ1v) is 9.71. The first-order valence-electron chi connectivity index (χ1n) is 9.71. The van der Waals surface area contributed by atoms with Gasteiger partial charge in [-0.05, 0) is 46.2 Å². The average molecular weight is 413 g/mol. The number of likely N-dealkylation sites (tertiary alicyclic amines) is 1. The van der Waals surface area contributed by atoms with Crippen LogP contribution in [0.1, 0.15) is 51.7 Å². The molecule has 2 rings (SSSR count). The lowest BCUT2D eigenvalue weighted by Crippen LogP contribution is -2.48. The van der Waals surface area contributed by atoms with E-state index >= 15 is 0 Å². The maximum absolute atomic E-state index is 13.2. The fourth-order valence-corrected chi connectivity index (χ4v) is 3.42. The van der Waals surface area contributed by atoms with Crippen LogP contribution in [0.5, 0.6) is 0 Å². The second-order valence-electron chi connectivity index (χ2n) is 8.96. The van der Waals surface area contributed by atoms with Crippen LogP contribution in [0.4, 0.5) is 18.0 Å². The van der Waals surface area contributed by atoms with Crippen molar-refractivity contribution in [2.45, 2.75) is 58.3 Å². The third kappa shape index (κ3) is 5.64. The molecule has 1 aliphatic rings. The zero-order valence-electron chi connectivity index (χ0n) is 17.8. The quantitative estimate of drug-likeness (QED) is 0.811. The number of alkyl halides is 3. The summed E-state index contributed by atoms with van der Waals surface area (Å²) in [6.07, 6.45) is -4.47. The van der Waals surface area contributed by atoms with Crippen molar-refractivity contribution in [1.82, 2.24) is 15.1 Å². The number of urea groups is 1. The Morgan fingerprint density at radius 1 is 1.17 bits per heavy atom. The Hall–Kier alpha value is -2.25. The predicted octanol–water partition coefficient (Wildman–Crippen LogP) is 4.10. The van der Waals surface area contributed by atoms with Gasteiger partial charge in [0.15, 0.2) is 0 Å². The van der Waals surface area contributed by atoms with Gasteiger partial charge in [-0.1, -0.05) is 18.2 Å². The highest BCUT2D eigenvalue weighted by Gasteiger charge is 2.43. The van der Waals surface area contributed by atoms with Gasteiger partial charge in [0.2, 0.25) is 5.91 Å². The van der Waals surface area contributed by atoms with Gasteiger partial charge in [0.1, 0.15) is 0 Å². The summed E-state index contributed by atoms with van der Waals surface area (Å²) >= 11 is 0. The molecule has 3 amide bonds. The number of hydrogen-bond acceptors (Lipinski definition) is 2. The molecule has 0 aromatic heterocycles. The van der Waals surface area contributed by atoms with Gasteiger partial charge in [-0.2, -0.15) is 13.2 Å². The lowest BCUT2D eigenvalue weighted by atomic mass is 9.87. The zero-order valence-corrected chi connectivity index (χ0v) is 17.8. The van der Waals surface area contributed by atoms with Gasteiger partial charge in [-0.15, -0.1) is 0 Å². The number of amides is 3. The Morgan fingerprint density at radius 3 is 2.31 bits per heavy atom.